The van der Waals surface area contributed by atoms with Crippen molar-refractivity contribution in [3.8, 4) is 0 Å². The highest BCUT2D eigenvalue weighted by Gasteiger charge is 1.94. The molecule has 8 heavy (non-hydrogen) atoms. The minimum Gasteiger partial charge on any atom is -0.399 e. The number of carbonyl (C=O) groups is 1. The normalized spacial score (nSPS) is 11.1. The topological polar surface area (TPSA) is 26.3 Å². The van der Waals surface area contributed by atoms with Gasteiger partial charge in [-0.3, -0.25) is 4.79 Å². The summed E-state index contributed by atoms with van der Waals surface area (Å²) in [7, 11) is 0. The van der Waals surface area contributed by atoms with Gasteiger partial charge in [-0.15, -0.1) is 0 Å². The van der Waals surface area contributed by atoms with Crippen LogP contribution in [0.25, 0.3) is 0 Å². The summed E-state index contributed by atoms with van der Waals surface area (Å²) in [5, 5.41) is 0. The lowest BCUT2D eigenvalue weighted by Gasteiger charge is -1.91. The molecule has 0 saturated carbocycles. The van der Waals surface area contributed by atoms with Crippen molar-refractivity contribution in [3.63, 3.8) is 0 Å². The van der Waals surface area contributed by atoms with Gasteiger partial charge in [0.25, 0.3) is 6.01 Å². The summed E-state index contributed by atoms with van der Waals surface area (Å²) < 4.78 is 15.8. The first-order chi connectivity index (χ1) is 3.66. The second kappa shape index (κ2) is 3.18. The molecule has 0 aromatic heterocycles. The summed E-state index contributed by atoms with van der Waals surface area (Å²) in [5.41, 5.74) is 0. The minimum atomic E-state index is -0.850. The van der Waals surface area contributed by atoms with Crippen LogP contribution in [0.1, 0.15) is 13.8 Å². The molecule has 2 nitrogen and oxygen atoms in total. The number of halogens is 1. The second-order valence-corrected chi connectivity index (χ2v) is 1.19. The quantitative estimate of drug-likeness (QED) is 0.384. The molecular formula is C5H7FO2. The molecule has 3 heteroatoms. The van der Waals surface area contributed by atoms with Gasteiger partial charge in [0, 0.05) is 6.92 Å². The molecule has 0 saturated heterocycles. The molecule has 0 unspecified atom stereocenters. The third-order valence-electron chi connectivity index (χ3n) is 0.468. The summed E-state index contributed by atoms with van der Waals surface area (Å²) in [4.78, 5) is 9.91. The predicted octanol–water partition coefficient (Wildman–Crippen LogP) is 1.38. The standard InChI is InChI=1S/C5H7FO2/c1-3-5(6)8-4(2)7/h3H,1-2H3/b5-3-. The fourth-order valence-corrected chi connectivity index (χ4v) is 0.196. The first-order valence-corrected chi connectivity index (χ1v) is 2.17. The highest BCUT2D eigenvalue weighted by molar-refractivity contribution is 5.66. The van der Waals surface area contributed by atoms with Crippen LogP contribution in [0.15, 0.2) is 12.1 Å². The van der Waals surface area contributed by atoms with E-state index in [1.807, 2.05) is 0 Å². The molecule has 0 amide bonds. The maximum Gasteiger partial charge on any atom is 0.309 e. The largest absolute Gasteiger partial charge is 0.399 e. The first kappa shape index (κ1) is 7.14. The lowest BCUT2D eigenvalue weighted by molar-refractivity contribution is -0.138. The summed E-state index contributed by atoms with van der Waals surface area (Å²) in [5.74, 6) is -0.638. The molecule has 0 N–H and O–H groups in total. The molecule has 0 aromatic rings. The summed E-state index contributed by atoms with van der Waals surface area (Å²) in [6.07, 6.45) is 1.07. The zero-order valence-corrected chi connectivity index (χ0v) is 4.77. The van der Waals surface area contributed by atoms with Crippen LogP contribution in [0.3, 0.4) is 0 Å². The molecule has 0 aliphatic heterocycles. The molecule has 0 aromatic carbocycles. The first-order valence-electron chi connectivity index (χ1n) is 2.17. The van der Waals surface area contributed by atoms with Gasteiger partial charge in [0.05, 0.1) is 0 Å². The van der Waals surface area contributed by atoms with Crippen molar-refractivity contribution < 1.29 is 13.9 Å². The molecule has 0 spiro atoms. The van der Waals surface area contributed by atoms with Crippen LogP contribution in [0.5, 0.6) is 0 Å². The Labute approximate surface area is 47.0 Å². The molecular weight excluding hydrogens is 111 g/mol. The van der Waals surface area contributed by atoms with Crippen molar-refractivity contribution in [1.82, 2.24) is 0 Å². The van der Waals surface area contributed by atoms with Crippen LogP contribution in [0.4, 0.5) is 4.39 Å². The zero-order valence-electron chi connectivity index (χ0n) is 4.77. The van der Waals surface area contributed by atoms with E-state index in [1.165, 1.54) is 6.92 Å². The highest BCUT2D eigenvalue weighted by atomic mass is 19.1. The number of ether oxygens (including phenoxy) is 1. The zero-order chi connectivity index (χ0) is 6.57. The third-order valence-corrected chi connectivity index (χ3v) is 0.468. The van der Waals surface area contributed by atoms with Gasteiger partial charge in [0.15, 0.2) is 0 Å². The SMILES string of the molecule is C/C=C(/F)OC(C)=O. The van der Waals surface area contributed by atoms with Gasteiger partial charge in [-0.1, -0.05) is 0 Å². The number of hydrogen-bond acceptors (Lipinski definition) is 2. The van der Waals surface area contributed by atoms with Gasteiger partial charge in [0.1, 0.15) is 0 Å². The molecule has 0 rings (SSSR count). The second-order valence-electron chi connectivity index (χ2n) is 1.19. The Morgan fingerprint density at radius 3 is 2.38 bits per heavy atom. The minimum absolute atomic E-state index is 0.638. The molecule has 46 valence electrons. The maximum absolute atomic E-state index is 11.8. The number of allylic oxidation sites excluding steroid dienone is 1. The summed E-state index contributed by atoms with van der Waals surface area (Å²) >= 11 is 0. The van der Waals surface area contributed by atoms with E-state index >= 15 is 0 Å². The van der Waals surface area contributed by atoms with Crippen LogP contribution in [0.2, 0.25) is 0 Å². The fraction of sp³-hybridized carbons (Fsp3) is 0.400. The fourth-order valence-electron chi connectivity index (χ4n) is 0.196. The summed E-state index contributed by atoms with van der Waals surface area (Å²) in [6, 6.07) is -0.850. The molecule has 0 aliphatic carbocycles. The maximum atomic E-state index is 11.8. The van der Waals surface area contributed by atoms with Crippen molar-refractivity contribution in [2.45, 2.75) is 13.8 Å². The van der Waals surface area contributed by atoms with Crippen molar-refractivity contribution in [1.29, 1.82) is 0 Å². The Kier molecular flexibility index (Phi) is 2.84. The van der Waals surface area contributed by atoms with Gasteiger partial charge in [-0.05, 0) is 13.0 Å². The van der Waals surface area contributed by atoms with E-state index < -0.39 is 12.0 Å². The van der Waals surface area contributed by atoms with Crippen LogP contribution < -0.4 is 0 Å². The predicted molar refractivity (Wildman–Crippen MR) is 26.6 cm³/mol. The molecule has 0 radical (unpaired) electrons. The summed E-state index contributed by atoms with van der Waals surface area (Å²) in [6.45, 7) is 2.58. The van der Waals surface area contributed by atoms with Gasteiger partial charge in [-0.25, -0.2) is 0 Å². The van der Waals surface area contributed by atoms with Gasteiger partial charge < -0.3 is 4.74 Å². The number of hydrogen-bond donors (Lipinski definition) is 0. The van der Waals surface area contributed by atoms with E-state index in [2.05, 4.69) is 4.74 Å². The number of esters is 1. The Morgan fingerprint density at radius 1 is 1.75 bits per heavy atom. The van der Waals surface area contributed by atoms with Crippen molar-refractivity contribution in [2.24, 2.45) is 0 Å². The lowest BCUT2D eigenvalue weighted by atomic mass is 10.7. The smallest absolute Gasteiger partial charge is 0.309 e. The average Bonchev–Trinajstić information content (AvgIpc) is 1.65. The molecule has 0 atom stereocenters. The monoisotopic (exact) mass is 118 g/mol. The van der Waals surface area contributed by atoms with Crippen LogP contribution in [0, 0.1) is 0 Å². The number of rotatable bonds is 1. The Balaban J connectivity index is 3.56. The highest BCUT2D eigenvalue weighted by Crippen LogP contribution is 1.96. The van der Waals surface area contributed by atoms with Crippen molar-refractivity contribution >= 4 is 5.97 Å². The van der Waals surface area contributed by atoms with Crippen LogP contribution in [-0.2, 0) is 9.53 Å². The van der Waals surface area contributed by atoms with Gasteiger partial charge in [0.2, 0.25) is 0 Å². The van der Waals surface area contributed by atoms with Crippen molar-refractivity contribution in [3.05, 3.63) is 12.1 Å². The third kappa shape index (κ3) is 3.33. The Morgan fingerprint density at radius 2 is 2.25 bits per heavy atom. The van der Waals surface area contributed by atoms with E-state index in [0.29, 0.717) is 0 Å². The van der Waals surface area contributed by atoms with Gasteiger partial charge in [-0.2, -0.15) is 4.39 Å². The van der Waals surface area contributed by atoms with E-state index in [-0.39, 0.29) is 0 Å². The van der Waals surface area contributed by atoms with E-state index in [0.717, 1.165) is 13.0 Å². The Bertz CT molecular complexity index is 118. The molecule has 0 fully saturated rings. The average molecular weight is 118 g/mol. The van der Waals surface area contributed by atoms with E-state index in [9.17, 15) is 9.18 Å². The Hall–Kier alpha value is -0.860. The lowest BCUT2D eigenvalue weighted by Crippen LogP contribution is -1.93. The van der Waals surface area contributed by atoms with Crippen LogP contribution in [-0.4, -0.2) is 5.97 Å². The van der Waals surface area contributed by atoms with Crippen molar-refractivity contribution in [2.75, 3.05) is 0 Å². The molecule has 0 bridgehead atoms. The van der Waals surface area contributed by atoms with Crippen LogP contribution >= 0.6 is 0 Å². The molecule has 0 aliphatic rings. The number of carbonyl (C=O) groups excluding carboxylic acids is 1. The molecule has 0 heterocycles. The van der Waals surface area contributed by atoms with E-state index in [4.69, 9.17) is 0 Å². The van der Waals surface area contributed by atoms with Gasteiger partial charge >= 0.3 is 5.97 Å². The van der Waals surface area contributed by atoms with E-state index in [1.54, 1.807) is 0 Å².